The van der Waals surface area contributed by atoms with E-state index in [1.54, 1.807) is 42.5 Å². The maximum atomic E-state index is 13.1. The zero-order valence-corrected chi connectivity index (χ0v) is 23.5. The molecule has 3 rings (SSSR count). The van der Waals surface area contributed by atoms with Crippen molar-refractivity contribution in [3.8, 4) is 0 Å². The van der Waals surface area contributed by atoms with Gasteiger partial charge in [0, 0.05) is 0 Å². The normalized spacial score (nSPS) is 12.1. The number of carbonyl (C=O) groups is 5. The average Bonchev–Trinajstić information content (AvgIpc) is 3.01. The number of nitrogens with two attached hydrogens (primary N) is 1. The quantitative estimate of drug-likeness (QED) is 0.0842. The Morgan fingerprint density at radius 1 is 0.864 bits per heavy atom. The highest BCUT2D eigenvalue weighted by atomic mass is 16.7. The molecule has 0 saturated carbocycles. The number of rotatable bonds is 15. The molecule has 0 fully saturated rings. The van der Waals surface area contributed by atoms with Gasteiger partial charge in [-0.3, -0.25) is 19.2 Å². The van der Waals surface area contributed by atoms with Crippen LogP contribution in [-0.2, 0) is 37.2 Å². The Morgan fingerprint density at radius 2 is 1.50 bits per heavy atom. The zero-order valence-electron chi connectivity index (χ0n) is 23.5. The van der Waals surface area contributed by atoms with Gasteiger partial charge in [0.25, 0.3) is 0 Å². The third-order valence-electron chi connectivity index (χ3n) is 6.08. The number of urea groups is 1. The SMILES string of the molecule is NN=Cc1ccc(CN(OCc2ccccc2)C(=O)NCC(=O)N[C@@H](CC(=O)O)C(=O)N[C@H](C(=O)O)c2ccccc2)cc1. The number of hydrogen-bond acceptors (Lipinski definition) is 8. The second kappa shape index (κ2) is 16.6. The summed E-state index contributed by atoms with van der Waals surface area (Å²) in [6.07, 6.45) is 0.629. The second-order valence-electron chi connectivity index (χ2n) is 9.38. The van der Waals surface area contributed by atoms with Gasteiger partial charge in [-0.1, -0.05) is 84.9 Å². The molecule has 2 atom stereocenters. The average molecular weight is 605 g/mol. The highest BCUT2D eigenvalue weighted by molar-refractivity contribution is 5.94. The van der Waals surface area contributed by atoms with Crippen LogP contribution in [0.4, 0.5) is 4.79 Å². The number of amides is 4. The van der Waals surface area contributed by atoms with Crippen molar-refractivity contribution < 1.29 is 39.0 Å². The predicted molar refractivity (Wildman–Crippen MR) is 158 cm³/mol. The van der Waals surface area contributed by atoms with Gasteiger partial charge in [0.15, 0.2) is 6.04 Å². The number of carboxylic acids is 2. The van der Waals surface area contributed by atoms with Crippen molar-refractivity contribution in [1.82, 2.24) is 21.0 Å². The minimum absolute atomic E-state index is 0.000438. The molecule has 0 heterocycles. The number of hydrazone groups is 1. The largest absolute Gasteiger partial charge is 0.481 e. The first-order valence-corrected chi connectivity index (χ1v) is 13.3. The number of nitrogens with one attached hydrogen (secondary N) is 3. The first kappa shape index (κ1) is 32.8. The number of hydrogen-bond donors (Lipinski definition) is 6. The molecule has 4 amide bonds. The predicted octanol–water partition coefficient (Wildman–Crippen LogP) is 1.52. The molecular formula is C30H32N6O8. The van der Waals surface area contributed by atoms with Crippen molar-refractivity contribution in [1.29, 1.82) is 0 Å². The van der Waals surface area contributed by atoms with Crippen LogP contribution in [0.3, 0.4) is 0 Å². The van der Waals surface area contributed by atoms with Crippen LogP contribution in [-0.4, -0.2) is 63.9 Å². The van der Waals surface area contributed by atoms with E-state index in [0.717, 1.165) is 16.2 Å². The van der Waals surface area contributed by atoms with Crippen LogP contribution < -0.4 is 21.8 Å². The molecule has 0 unspecified atom stereocenters. The van der Waals surface area contributed by atoms with Gasteiger partial charge >= 0.3 is 18.0 Å². The molecule has 14 heteroatoms. The molecule has 0 spiro atoms. The van der Waals surface area contributed by atoms with Gasteiger partial charge in [0.05, 0.1) is 25.7 Å². The van der Waals surface area contributed by atoms with E-state index in [1.165, 1.54) is 18.3 Å². The summed E-state index contributed by atoms with van der Waals surface area (Å²) >= 11 is 0. The summed E-state index contributed by atoms with van der Waals surface area (Å²) in [5, 5.41) is 30.2. The maximum absolute atomic E-state index is 13.1. The van der Waals surface area contributed by atoms with E-state index in [4.69, 9.17) is 10.7 Å². The fourth-order valence-electron chi connectivity index (χ4n) is 3.91. The van der Waals surface area contributed by atoms with Crippen LogP contribution in [0, 0.1) is 0 Å². The molecule has 3 aromatic carbocycles. The fourth-order valence-corrected chi connectivity index (χ4v) is 3.91. The third kappa shape index (κ3) is 10.6. The van der Waals surface area contributed by atoms with Gasteiger partial charge in [0.2, 0.25) is 11.8 Å². The number of hydroxylamine groups is 2. The molecule has 230 valence electrons. The summed E-state index contributed by atoms with van der Waals surface area (Å²) in [5.41, 5.74) is 2.47. The maximum Gasteiger partial charge on any atom is 0.342 e. The molecule has 3 aromatic rings. The van der Waals surface area contributed by atoms with Crippen molar-refractivity contribution in [2.24, 2.45) is 10.9 Å². The molecule has 14 nitrogen and oxygen atoms in total. The van der Waals surface area contributed by atoms with Crippen molar-refractivity contribution in [2.75, 3.05) is 6.54 Å². The highest BCUT2D eigenvalue weighted by Crippen LogP contribution is 2.14. The van der Waals surface area contributed by atoms with Crippen molar-refractivity contribution in [3.05, 3.63) is 107 Å². The van der Waals surface area contributed by atoms with Crippen molar-refractivity contribution >= 4 is 36.0 Å². The van der Waals surface area contributed by atoms with E-state index in [-0.39, 0.29) is 18.7 Å². The fraction of sp³-hybridized carbons (Fsp3) is 0.200. The van der Waals surface area contributed by atoms with E-state index in [0.29, 0.717) is 5.56 Å². The van der Waals surface area contributed by atoms with Crippen LogP contribution >= 0.6 is 0 Å². The van der Waals surface area contributed by atoms with E-state index in [2.05, 4.69) is 21.1 Å². The lowest BCUT2D eigenvalue weighted by Gasteiger charge is -2.23. The minimum atomic E-state index is -1.62. The summed E-state index contributed by atoms with van der Waals surface area (Å²) < 4.78 is 0. The number of carboxylic acid groups (broad SMARTS) is 2. The van der Waals surface area contributed by atoms with Gasteiger partial charge in [-0.15, -0.1) is 0 Å². The Balaban J connectivity index is 1.65. The van der Waals surface area contributed by atoms with Gasteiger partial charge in [-0.2, -0.15) is 10.2 Å². The molecular weight excluding hydrogens is 572 g/mol. The molecule has 0 aromatic heterocycles. The van der Waals surface area contributed by atoms with E-state index in [1.807, 2.05) is 30.3 Å². The van der Waals surface area contributed by atoms with Crippen LogP contribution in [0.25, 0.3) is 0 Å². The molecule has 44 heavy (non-hydrogen) atoms. The van der Waals surface area contributed by atoms with Crippen molar-refractivity contribution in [3.63, 3.8) is 0 Å². The Kier molecular flexibility index (Phi) is 12.4. The summed E-state index contributed by atoms with van der Waals surface area (Å²) in [6.45, 7) is -0.591. The monoisotopic (exact) mass is 604 g/mol. The molecule has 0 saturated heterocycles. The first-order chi connectivity index (χ1) is 21.2. The van der Waals surface area contributed by atoms with Crippen LogP contribution in [0.1, 0.15) is 34.7 Å². The van der Waals surface area contributed by atoms with E-state index in [9.17, 15) is 34.2 Å². The van der Waals surface area contributed by atoms with Gasteiger partial charge in [-0.05, 0) is 22.3 Å². The lowest BCUT2D eigenvalue weighted by atomic mass is 10.1. The second-order valence-corrected chi connectivity index (χ2v) is 9.38. The summed E-state index contributed by atoms with van der Waals surface area (Å²) in [7, 11) is 0. The molecule has 0 aliphatic heterocycles. The molecule has 0 aliphatic carbocycles. The highest BCUT2D eigenvalue weighted by Gasteiger charge is 2.29. The van der Waals surface area contributed by atoms with Gasteiger partial charge in [-0.25, -0.2) is 9.59 Å². The lowest BCUT2D eigenvalue weighted by Crippen LogP contribution is -2.52. The van der Waals surface area contributed by atoms with Gasteiger partial charge in [0.1, 0.15) is 12.6 Å². The number of benzene rings is 3. The Hall–Kier alpha value is -5.76. The Bertz CT molecular complexity index is 1450. The van der Waals surface area contributed by atoms with Crippen LogP contribution in [0.2, 0.25) is 0 Å². The number of carbonyl (C=O) groups excluding carboxylic acids is 3. The topological polar surface area (TPSA) is 213 Å². The Morgan fingerprint density at radius 3 is 2.09 bits per heavy atom. The summed E-state index contributed by atoms with van der Waals surface area (Å²) in [5.74, 6) is 0.471. The number of aliphatic carboxylic acids is 2. The first-order valence-electron chi connectivity index (χ1n) is 13.3. The third-order valence-corrected chi connectivity index (χ3v) is 6.08. The summed E-state index contributed by atoms with van der Waals surface area (Å²) in [4.78, 5) is 67.5. The standard InChI is InChI=1S/C30H32N6O8/c31-33-16-20-11-13-21(14-12-20)18-36(44-19-22-7-3-1-4-8-22)30(43)32-17-25(37)34-24(15-26(38)39)28(40)35-27(29(41)42)23-9-5-2-6-10-23/h1-14,16,24,27H,15,17-19,31H2,(H,32,43)(H,34,37)(H,35,40)(H,38,39)(H,41,42)/t24-,27-/m0/s1. The molecule has 0 aliphatic rings. The van der Waals surface area contributed by atoms with E-state index >= 15 is 0 Å². The number of nitrogens with zero attached hydrogens (tertiary/aromatic N) is 2. The zero-order chi connectivity index (χ0) is 31.9. The van der Waals surface area contributed by atoms with Crippen LogP contribution in [0.5, 0.6) is 0 Å². The lowest BCUT2D eigenvalue weighted by molar-refractivity contribution is -0.143. The summed E-state index contributed by atoms with van der Waals surface area (Å²) in [6, 6.07) is 19.9. The van der Waals surface area contributed by atoms with Crippen LogP contribution in [0.15, 0.2) is 90.0 Å². The Labute approximate surface area is 252 Å². The van der Waals surface area contributed by atoms with Crippen molar-refractivity contribution in [2.45, 2.75) is 31.7 Å². The molecule has 0 radical (unpaired) electrons. The minimum Gasteiger partial charge on any atom is -0.481 e. The molecule has 7 N–H and O–H groups in total. The van der Waals surface area contributed by atoms with E-state index < -0.39 is 54.8 Å². The smallest absolute Gasteiger partial charge is 0.342 e. The molecule has 0 bridgehead atoms. The van der Waals surface area contributed by atoms with Gasteiger partial charge < -0.3 is 32.0 Å².